The molecular formula is C23H32N4O3S. The first-order valence-electron chi connectivity index (χ1n) is 10.5. The fourth-order valence-corrected chi connectivity index (χ4v) is 4.80. The average Bonchev–Trinajstić information content (AvgIpc) is 3.24. The van der Waals surface area contributed by atoms with Crippen LogP contribution < -0.4 is 5.32 Å². The summed E-state index contributed by atoms with van der Waals surface area (Å²) in [5.74, 6) is 1.23. The molecule has 1 aliphatic rings. The molecule has 0 saturated carbocycles. The van der Waals surface area contributed by atoms with Gasteiger partial charge in [0.15, 0.2) is 5.96 Å². The third-order valence-corrected chi connectivity index (χ3v) is 7.35. The molecule has 7 nitrogen and oxygen atoms in total. The summed E-state index contributed by atoms with van der Waals surface area (Å²) in [6, 6.07) is 17.3. The zero-order chi connectivity index (χ0) is 22.3. The summed E-state index contributed by atoms with van der Waals surface area (Å²) in [6.45, 7) is 3.50. The fourth-order valence-electron chi connectivity index (χ4n) is 3.68. The molecule has 0 bridgehead atoms. The molecule has 0 radical (unpaired) electrons. The number of aliphatic imine (C=N–C) groups is 1. The van der Waals surface area contributed by atoms with Crippen molar-refractivity contribution in [3.63, 3.8) is 0 Å². The van der Waals surface area contributed by atoms with Crippen LogP contribution in [0, 0.1) is 5.92 Å². The smallest absolute Gasteiger partial charge is 0.242 e. The standard InChI is InChI=1S/C23H32N4O3S/c1-24-23(25-15-21-11-7-8-12-22(21)31(28,29)26(2)3)27-14-13-20(16-27)18-30-17-19-9-5-4-6-10-19/h4-12,20H,13-18H2,1-3H3,(H,24,25). The van der Waals surface area contributed by atoms with E-state index in [1.165, 1.54) is 9.87 Å². The van der Waals surface area contributed by atoms with E-state index in [-0.39, 0.29) is 0 Å². The Bertz CT molecular complexity index is 977. The summed E-state index contributed by atoms with van der Waals surface area (Å²) >= 11 is 0. The topological polar surface area (TPSA) is 74.2 Å². The van der Waals surface area contributed by atoms with E-state index < -0.39 is 10.0 Å². The minimum Gasteiger partial charge on any atom is -0.376 e. The van der Waals surface area contributed by atoms with Gasteiger partial charge in [-0.25, -0.2) is 12.7 Å². The second-order valence-electron chi connectivity index (χ2n) is 7.90. The van der Waals surface area contributed by atoms with Crippen molar-refractivity contribution >= 4 is 16.0 Å². The van der Waals surface area contributed by atoms with Gasteiger partial charge >= 0.3 is 0 Å². The van der Waals surface area contributed by atoms with Crippen LogP contribution in [0.25, 0.3) is 0 Å². The first-order valence-corrected chi connectivity index (χ1v) is 11.9. The lowest BCUT2D eigenvalue weighted by atomic mass is 10.1. The molecule has 1 unspecified atom stereocenters. The number of likely N-dealkylation sites (tertiary alicyclic amines) is 1. The predicted octanol–water partition coefficient (Wildman–Crippen LogP) is 2.55. The molecule has 0 amide bonds. The van der Waals surface area contributed by atoms with Crippen LogP contribution in [-0.4, -0.2) is 64.4 Å². The summed E-state index contributed by atoms with van der Waals surface area (Å²) in [5.41, 5.74) is 1.90. The maximum atomic E-state index is 12.6. The molecule has 3 rings (SSSR count). The van der Waals surface area contributed by atoms with E-state index in [1.807, 2.05) is 30.3 Å². The molecule has 2 aromatic carbocycles. The van der Waals surface area contributed by atoms with Gasteiger partial charge in [-0.2, -0.15) is 0 Å². The van der Waals surface area contributed by atoms with E-state index >= 15 is 0 Å². The van der Waals surface area contributed by atoms with Gasteiger partial charge < -0.3 is 15.0 Å². The van der Waals surface area contributed by atoms with Crippen LogP contribution >= 0.6 is 0 Å². The highest BCUT2D eigenvalue weighted by Gasteiger charge is 2.26. The molecule has 0 spiro atoms. The van der Waals surface area contributed by atoms with Crippen LogP contribution in [-0.2, 0) is 27.9 Å². The molecule has 0 aliphatic carbocycles. The molecule has 1 heterocycles. The first kappa shape index (κ1) is 23.2. The van der Waals surface area contributed by atoms with Gasteiger partial charge in [-0.15, -0.1) is 0 Å². The van der Waals surface area contributed by atoms with Gasteiger partial charge in [0.05, 0.1) is 18.1 Å². The SMILES string of the molecule is CN=C(NCc1ccccc1S(=O)(=O)N(C)C)N1CCC(COCc2ccccc2)C1. The van der Waals surface area contributed by atoms with E-state index in [0.29, 0.717) is 30.6 Å². The normalized spacial score (nSPS) is 17.4. The number of hydrogen-bond donors (Lipinski definition) is 1. The predicted molar refractivity (Wildman–Crippen MR) is 123 cm³/mol. The van der Waals surface area contributed by atoms with E-state index in [1.54, 1.807) is 33.3 Å². The molecule has 168 valence electrons. The molecule has 1 fully saturated rings. The first-order chi connectivity index (χ1) is 14.9. The Balaban J connectivity index is 1.54. The molecule has 8 heteroatoms. The Hall–Kier alpha value is -2.42. The highest BCUT2D eigenvalue weighted by Crippen LogP contribution is 2.20. The van der Waals surface area contributed by atoms with Gasteiger partial charge in [-0.05, 0) is 23.6 Å². The Kier molecular flexibility index (Phi) is 8.06. The zero-order valence-electron chi connectivity index (χ0n) is 18.5. The van der Waals surface area contributed by atoms with E-state index in [9.17, 15) is 8.42 Å². The highest BCUT2D eigenvalue weighted by molar-refractivity contribution is 7.89. The monoisotopic (exact) mass is 444 g/mol. The Morgan fingerprint density at radius 2 is 1.87 bits per heavy atom. The van der Waals surface area contributed by atoms with Crippen LogP contribution in [0.2, 0.25) is 0 Å². The fraction of sp³-hybridized carbons (Fsp3) is 0.435. The van der Waals surface area contributed by atoms with Crippen LogP contribution in [0.15, 0.2) is 64.5 Å². The molecule has 31 heavy (non-hydrogen) atoms. The van der Waals surface area contributed by atoms with Gasteiger partial charge in [-0.1, -0.05) is 48.5 Å². The van der Waals surface area contributed by atoms with Crippen molar-refractivity contribution in [2.45, 2.75) is 24.5 Å². The summed E-state index contributed by atoms with van der Waals surface area (Å²) in [6.07, 6.45) is 1.04. The lowest BCUT2D eigenvalue weighted by Gasteiger charge is -2.22. The second-order valence-corrected chi connectivity index (χ2v) is 10.0. The van der Waals surface area contributed by atoms with E-state index in [4.69, 9.17) is 4.74 Å². The maximum absolute atomic E-state index is 12.6. The number of sulfonamides is 1. The molecule has 1 N–H and O–H groups in total. The average molecular weight is 445 g/mol. The Labute approximate surface area is 185 Å². The van der Waals surface area contributed by atoms with Crippen molar-refractivity contribution in [3.8, 4) is 0 Å². The Morgan fingerprint density at radius 3 is 2.58 bits per heavy atom. The quantitative estimate of drug-likeness (QED) is 0.500. The lowest BCUT2D eigenvalue weighted by Crippen LogP contribution is -2.40. The number of benzene rings is 2. The highest BCUT2D eigenvalue weighted by atomic mass is 32.2. The summed E-state index contributed by atoms with van der Waals surface area (Å²) in [5, 5.41) is 3.33. The summed E-state index contributed by atoms with van der Waals surface area (Å²) < 4.78 is 32.4. The molecule has 1 saturated heterocycles. The number of rotatable bonds is 8. The molecule has 1 aliphatic heterocycles. The maximum Gasteiger partial charge on any atom is 0.242 e. The van der Waals surface area contributed by atoms with Crippen molar-refractivity contribution in [2.24, 2.45) is 10.9 Å². The zero-order valence-corrected chi connectivity index (χ0v) is 19.3. The molecule has 0 aromatic heterocycles. The van der Waals surface area contributed by atoms with Gasteiger partial charge in [0.25, 0.3) is 0 Å². The minimum atomic E-state index is -3.50. The van der Waals surface area contributed by atoms with Crippen molar-refractivity contribution in [1.29, 1.82) is 0 Å². The van der Waals surface area contributed by atoms with Crippen LogP contribution in [0.5, 0.6) is 0 Å². The van der Waals surface area contributed by atoms with E-state index in [2.05, 4.69) is 27.3 Å². The van der Waals surface area contributed by atoms with Crippen LogP contribution in [0.3, 0.4) is 0 Å². The Morgan fingerprint density at radius 1 is 1.16 bits per heavy atom. The lowest BCUT2D eigenvalue weighted by molar-refractivity contribution is 0.0906. The second kappa shape index (κ2) is 10.7. The number of guanidine groups is 1. The van der Waals surface area contributed by atoms with Crippen molar-refractivity contribution < 1.29 is 13.2 Å². The van der Waals surface area contributed by atoms with Crippen molar-refractivity contribution in [2.75, 3.05) is 40.8 Å². The van der Waals surface area contributed by atoms with Gasteiger partial charge in [0.2, 0.25) is 10.0 Å². The molecular weight excluding hydrogens is 412 g/mol. The largest absolute Gasteiger partial charge is 0.376 e. The third kappa shape index (κ3) is 6.06. The van der Waals surface area contributed by atoms with Gasteiger partial charge in [-0.3, -0.25) is 4.99 Å². The number of hydrogen-bond acceptors (Lipinski definition) is 4. The summed E-state index contributed by atoms with van der Waals surface area (Å²) in [4.78, 5) is 6.93. The summed E-state index contributed by atoms with van der Waals surface area (Å²) in [7, 11) is 1.34. The van der Waals surface area contributed by atoms with Crippen LogP contribution in [0.1, 0.15) is 17.5 Å². The van der Waals surface area contributed by atoms with Crippen molar-refractivity contribution in [3.05, 3.63) is 65.7 Å². The van der Waals surface area contributed by atoms with Crippen LogP contribution in [0.4, 0.5) is 0 Å². The van der Waals surface area contributed by atoms with Gasteiger partial charge in [0.1, 0.15) is 0 Å². The number of ether oxygens (including phenoxy) is 1. The van der Waals surface area contributed by atoms with Gasteiger partial charge in [0, 0.05) is 46.7 Å². The number of nitrogens with one attached hydrogen (secondary N) is 1. The molecule has 1 atom stereocenters. The third-order valence-electron chi connectivity index (χ3n) is 5.43. The molecule has 2 aromatic rings. The van der Waals surface area contributed by atoms with E-state index in [0.717, 1.165) is 31.0 Å². The minimum absolute atomic E-state index is 0.316. The van der Waals surface area contributed by atoms with Crippen molar-refractivity contribution in [1.82, 2.24) is 14.5 Å². The number of nitrogens with zero attached hydrogens (tertiary/aromatic N) is 3.